The summed E-state index contributed by atoms with van der Waals surface area (Å²) in [5.74, 6) is 0.309. The van der Waals surface area contributed by atoms with Crippen LogP contribution in [0.1, 0.15) is 5.82 Å². The van der Waals surface area contributed by atoms with Gasteiger partial charge in [0.25, 0.3) is 15.9 Å². The SMILES string of the molecule is Cc1noc(-c2ccc(NS(=O)(=O)c3ccc4c(c3)oc(=O)n4C)cc2)n1. The number of benzene rings is 2. The van der Waals surface area contributed by atoms with Crippen LogP contribution in [0.5, 0.6) is 0 Å². The number of oxazole rings is 1. The maximum absolute atomic E-state index is 12.6. The normalized spacial score (nSPS) is 11.8. The van der Waals surface area contributed by atoms with Crippen LogP contribution in [0.25, 0.3) is 22.6 Å². The average molecular weight is 386 g/mol. The lowest BCUT2D eigenvalue weighted by atomic mass is 10.2. The van der Waals surface area contributed by atoms with E-state index < -0.39 is 15.8 Å². The van der Waals surface area contributed by atoms with Gasteiger partial charge in [0.05, 0.1) is 10.4 Å². The minimum Gasteiger partial charge on any atom is -0.408 e. The van der Waals surface area contributed by atoms with Crippen molar-refractivity contribution in [2.75, 3.05) is 4.72 Å². The molecule has 0 fully saturated rings. The first kappa shape index (κ1) is 17.0. The van der Waals surface area contributed by atoms with Gasteiger partial charge in [-0.3, -0.25) is 9.29 Å². The molecule has 0 saturated carbocycles. The second kappa shape index (κ2) is 6.09. The summed E-state index contributed by atoms with van der Waals surface area (Å²) in [5.41, 5.74) is 1.75. The molecule has 0 aliphatic carbocycles. The van der Waals surface area contributed by atoms with E-state index in [2.05, 4.69) is 14.9 Å². The summed E-state index contributed by atoms with van der Waals surface area (Å²) in [4.78, 5) is 15.7. The lowest BCUT2D eigenvalue weighted by molar-refractivity contribution is 0.425. The van der Waals surface area contributed by atoms with Gasteiger partial charge in [0.1, 0.15) is 0 Å². The molecule has 138 valence electrons. The van der Waals surface area contributed by atoms with E-state index in [1.54, 1.807) is 38.2 Å². The quantitative estimate of drug-likeness (QED) is 0.571. The van der Waals surface area contributed by atoms with Gasteiger partial charge in [-0.25, -0.2) is 13.2 Å². The van der Waals surface area contributed by atoms with Crippen molar-refractivity contribution in [1.82, 2.24) is 14.7 Å². The molecule has 2 heterocycles. The largest absolute Gasteiger partial charge is 0.419 e. The average Bonchev–Trinajstić information content (AvgIpc) is 3.19. The predicted molar refractivity (Wildman–Crippen MR) is 96.7 cm³/mol. The molecular formula is C17H14N4O5S. The summed E-state index contributed by atoms with van der Waals surface area (Å²) in [6.45, 7) is 1.71. The summed E-state index contributed by atoms with van der Waals surface area (Å²) in [5, 5.41) is 3.72. The molecule has 2 aromatic heterocycles. The van der Waals surface area contributed by atoms with Crippen LogP contribution in [0, 0.1) is 6.92 Å². The van der Waals surface area contributed by atoms with E-state index in [4.69, 9.17) is 8.94 Å². The van der Waals surface area contributed by atoms with E-state index in [0.717, 1.165) is 0 Å². The fraction of sp³-hybridized carbons (Fsp3) is 0.118. The molecule has 10 heteroatoms. The highest BCUT2D eigenvalue weighted by Gasteiger charge is 2.17. The number of aromatic nitrogens is 3. The molecule has 0 radical (unpaired) electrons. The van der Waals surface area contributed by atoms with Crippen LogP contribution in [-0.2, 0) is 17.1 Å². The monoisotopic (exact) mass is 386 g/mol. The lowest BCUT2D eigenvalue weighted by Crippen LogP contribution is -2.12. The van der Waals surface area contributed by atoms with Crippen molar-refractivity contribution in [3.63, 3.8) is 0 Å². The summed E-state index contributed by atoms with van der Waals surface area (Å²) in [7, 11) is -2.31. The highest BCUT2D eigenvalue weighted by Crippen LogP contribution is 2.23. The van der Waals surface area contributed by atoms with Gasteiger partial charge in [0, 0.05) is 24.4 Å². The number of anilines is 1. The molecule has 2 aromatic carbocycles. The number of nitrogens with zero attached hydrogens (tertiary/aromatic N) is 3. The third-order valence-electron chi connectivity index (χ3n) is 3.99. The molecule has 0 amide bonds. The van der Waals surface area contributed by atoms with Crippen LogP contribution < -0.4 is 10.5 Å². The third-order valence-corrected chi connectivity index (χ3v) is 5.36. The molecule has 1 N–H and O–H groups in total. The second-order valence-electron chi connectivity index (χ2n) is 5.89. The standard InChI is InChI=1S/C17H14N4O5S/c1-10-18-16(26-19-10)11-3-5-12(6-4-11)20-27(23,24)13-7-8-14-15(9-13)25-17(22)21(14)2/h3-9,20H,1-2H3. The Balaban J connectivity index is 1.62. The molecule has 9 nitrogen and oxygen atoms in total. The van der Waals surface area contributed by atoms with E-state index in [0.29, 0.717) is 28.5 Å². The molecule has 0 atom stereocenters. The van der Waals surface area contributed by atoms with Crippen molar-refractivity contribution in [2.45, 2.75) is 11.8 Å². The topological polar surface area (TPSA) is 120 Å². The summed E-state index contributed by atoms with van der Waals surface area (Å²) >= 11 is 0. The minimum atomic E-state index is -3.85. The van der Waals surface area contributed by atoms with Crippen LogP contribution in [0.2, 0.25) is 0 Å². The molecule has 0 saturated heterocycles. The number of fused-ring (bicyclic) bond motifs is 1. The first-order valence-electron chi connectivity index (χ1n) is 7.87. The van der Waals surface area contributed by atoms with Crippen molar-refractivity contribution >= 4 is 26.8 Å². The molecule has 27 heavy (non-hydrogen) atoms. The van der Waals surface area contributed by atoms with E-state index >= 15 is 0 Å². The number of sulfonamides is 1. The zero-order chi connectivity index (χ0) is 19.2. The highest BCUT2D eigenvalue weighted by atomic mass is 32.2. The Bertz CT molecular complexity index is 1300. The predicted octanol–water partition coefficient (Wildman–Crippen LogP) is 2.29. The zero-order valence-corrected chi connectivity index (χ0v) is 15.1. The molecule has 4 aromatic rings. The van der Waals surface area contributed by atoms with Crippen LogP contribution >= 0.6 is 0 Å². The Morgan fingerprint density at radius 3 is 2.52 bits per heavy atom. The smallest absolute Gasteiger partial charge is 0.408 e. The lowest BCUT2D eigenvalue weighted by Gasteiger charge is -2.08. The van der Waals surface area contributed by atoms with E-state index in [-0.39, 0.29) is 10.5 Å². The number of hydrogen-bond donors (Lipinski definition) is 1. The Hall–Kier alpha value is -3.40. The van der Waals surface area contributed by atoms with E-state index in [9.17, 15) is 13.2 Å². The van der Waals surface area contributed by atoms with Crippen molar-refractivity contribution in [1.29, 1.82) is 0 Å². The summed E-state index contributed by atoms with van der Waals surface area (Å²) in [6.07, 6.45) is 0. The first-order valence-corrected chi connectivity index (χ1v) is 9.35. The molecule has 0 aliphatic rings. The van der Waals surface area contributed by atoms with Crippen molar-refractivity contribution in [2.24, 2.45) is 7.05 Å². The highest BCUT2D eigenvalue weighted by molar-refractivity contribution is 7.92. The Morgan fingerprint density at radius 2 is 1.85 bits per heavy atom. The molecule has 0 unspecified atom stereocenters. The summed E-state index contributed by atoms with van der Waals surface area (Å²) < 4.78 is 39.1. The number of aryl methyl sites for hydroxylation is 2. The molecule has 0 bridgehead atoms. The van der Waals surface area contributed by atoms with Crippen LogP contribution in [0.15, 0.2) is 61.1 Å². The summed E-state index contributed by atoms with van der Waals surface area (Å²) in [6, 6.07) is 10.8. The first-order chi connectivity index (χ1) is 12.8. The third kappa shape index (κ3) is 3.10. The van der Waals surface area contributed by atoms with Crippen LogP contribution in [0.3, 0.4) is 0 Å². The van der Waals surface area contributed by atoms with E-state index in [1.807, 2.05) is 0 Å². The van der Waals surface area contributed by atoms with Gasteiger partial charge in [0.15, 0.2) is 11.4 Å². The Morgan fingerprint density at radius 1 is 1.11 bits per heavy atom. The Kier molecular flexibility index (Phi) is 3.84. The number of hydrogen-bond acceptors (Lipinski definition) is 7. The molecule has 0 aliphatic heterocycles. The fourth-order valence-electron chi connectivity index (χ4n) is 2.59. The van der Waals surface area contributed by atoms with E-state index in [1.165, 1.54) is 22.8 Å². The van der Waals surface area contributed by atoms with Gasteiger partial charge in [-0.1, -0.05) is 5.16 Å². The number of rotatable bonds is 4. The second-order valence-corrected chi connectivity index (χ2v) is 7.57. The molecular weight excluding hydrogens is 372 g/mol. The zero-order valence-electron chi connectivity index (χ0n) is 14.3. The maximum atomic E-state index is 12.6. The van der Waals surface area contributed by atoms with Gasteiger partial charge < -0.3 is 8.94 Å². The molecule has 0 spiro atoms. The fourth-order valence-corrected chi connectivity index (χ4v) is 3.66. The minimum absolute atomic E-state index is 0.0130. The van der Waals surface area contributed by atoms with Crippen LogP contribution in [0.4, 0.5) is 5.69 Å². The van der Waals surface area contributed by atoms with Gasteiger partial charge in [-0.05, 0) is 43.3 Å². The van der Waals surface area contributed by atoms with Crippen molar-refractivity contribution in [3.05, 3.63) is 58.8 Å². The molecule has 4 rings (SSSR count). The van der Waals surface area contributed by atoms with Gasteiger partial charge in [-0.15, -0.1) is 0 Å². The van der Waals surface area contributed by atoms with Crippen molar-refractivity contribution < 1.29 is 17.4 Å². The van der Waals surface area contributed by atoms with Gasteiger partial charge >= 0.3 is 5.76 Å². The Labute approximate surface area is 153 Å². The van der Waals surface area contributed by atoms with Gasteiger partial charge in [0.2, 0.25) is 0 Å². The number of nitrogens with one attached hydrogen (secondary N) is 1. The maximum Gasteiger partial charge on any atom is 0.419 e. The van der Waals surface area contributed by atoms with Crippen molar-refractivity contribution in [3.8, 4) is 11.5 Å². The van der Waals surface area contributed by atoms with Crippen LogP contribution in [-0.4, -0.2) is 23.1 Å². The van der Waals surface area contributed by atoms with Gasteiger partial charge in [-0.2, -0.15) is 4.98 Å².